The summed E-state index contributed by atoms with van der Waals surface area (Å²) in [7, 11) is -0.896. The minimum atomic E-state index is -4.00. The van der Waals surface area contributed by atoms with Gasteiger partial charge in [-0.15, -0.1) is 0 Å². The first-order valence-electron chi connectivity index (χ1n) is 11.4. The van der Waals surface area contributed by atoms with Gasteiger partial charge < -0.3 is 35.7 Å². The van der Waals surface area contributed by atoms with Crippen LogP contribution in [0.25, 0.3) is 11.2 Å². The Hall–Kier alpha value is -1.45. The molecule has 0 radical (unpaired) electrons. The highest BCUT2D eigenvalue weighted by atomic mass is 33.1. The third kappa shape index (κ3) is 7.54. The lowest BCUT2D eigenvalue weighted by atomic mass is 10.2. The first-order valence-corrected chi connectivity index (χ1v) is 15.4. The number of ether oxygens (including phenoxy) is 2. The number of nitrogens with one attached hydrogen (secondary N) is 1. The number of imidazole rings is 1. The van der Waals surface area contributed by atoms with Gasteiger partial charge in [-0.3, -0.25) is 13.9 Å². The summed E-state index contributed by atoms with van der Waals surface area (Å²) in [5, 5.41) is 2.90. The van der Waals surface area contributed by atoms with E-state index in [2.05, 4.69) is 20.3 Å². The van der Waals surface area contributed by atoms with Crippen LogP contribution < -0.4 is 16.8 Å². The molecule has 202 valence electrons. The predicted molar refractivity (Wildman–Crippen MR) is 140 cm³/mol. The fourth-order valence-electron chi connectivity index (χ4n) is 3.34. The van der Waals surface area contributed by atoms with E-state index in [0.717, 1.165) is 0 Å². The van der Waals surface area contributed by atoms with E-state index in [4.69, 9.17) is 25.5 Å². The number of carbonyl (C=O) groups is 1. The van der Waals surface area contributed by atoms with Gasteiger partial charge in [0, 0.05) is 24.1 Å². The fraction of sp³-hybridized carbons (Fsp3) is 0.700. The molecule has 16 heteroatoms. The maximum Gasteiger partial charge on any atom is 0.344 e. The highest BCUT2D eigenvalue weighted by molar-refractivity contribution is 8.77. The number of amides is 1. The highest BCUT2D eigenvalue weighted by Crippen LogP contribution is 2.46. The van der Waals surface area contributed by atoms with E-state index < -0.39 is 31.8 Å². The number of nitrogen functional groups attached to an aromatic ring is 1. The molecule has 5 atom stereocenters. The summed E-state index contributed by atoms with van der Waals surface area (Å²) in [6.45, 7) is 7.66. The van der Waals surface area contributed by atoms with Crippen molar-refractivity contribution in [3.05, 3.63) is 12.7 Å². The number of rotatable bonds is 13. The van der Waals surface area contributed by atoms with Crippen LogP contribution in [0.3, 0.4) is 0 Å². The molecular formula is C20H34N7O6PS2. The molecule has 0 bridgehead atoms. The topological polar surface area (TPSA) is 190 Å². The Kier molecular flexibility index (Phi) is 10.0. The zero-order chi connectivity index (χ0) is 26.5. The molecule has 1 amide bonds. The molecule has 1 fully saturated rings. The minimum absolute atomic E-state index is 0.00827. The number of carbonyl (C=O) groups excluding carboxylic acids is 1. The molecule has 3 unspecified atom stereocenters. The van der Waals surface area contributed by atoms with Gasteiger partial charge in [-0.05, 0) is 20.8 Å². The number of nitrogens with zero attached hydrogens (tertiary/aromatic N) is 4. The number of fused-ring (bicyclic) bond motifs is 1. The Morgan fingerprint density at radius 3 is 2.89 bits per heavy atom. The molecule has 1 aliphatic heterocycles. The number of anilines is 1. The van der Waals surface area contributed by atoms with Crippen molar-refractivity contribution < 1.29 is 28.3 Å². The zero-order valence-corrected chi connectivity index (χ0v) is 23.2. The molecule has 6 N–H and O–H groups in total. The minimum Gasteiger partial charge on any atom is -0.382 e. The molecule has 3 rings (SSSR count). The third-order valence-electron chi connectivity index (χ3n) is 5.46. The van der Waals surface area contributed by atoms with Gasteiger partial charge >= 0.3 is 7.60 Å². The lowest BCUT2D eigenvalue weighted by Crippen LogP contribution is -2.35. The van der Waals surface area contributed by atoms with Gasteiger partial charge in [0.2, 0.25) is 5.91 Å². The first-order chi connectivity index (χ1) is 16.9. The molecule has 2 aromatic heterocycles. The Morgan fingerprint density at radius 1 is 1.44 bits per heavy atom. The molecule has 1 aliphatic rings. The zero-order valence-electron chi connectivity index (χ0n) is 20.7. The Balaban J connectivity index is 1.64. The van der Waals surface area contributed by atoms with Crippen LogP contribution in [-0.4, -0.2) is 72.1 Å². The number of nitrogens with two attached hydrogens (primary N) is 2. The van der Waals surface area contributed by atoms with Crippen LogP contribution in [0.2, 0.25) is 0 Å². The van der Waals surface area contributed by atoms with Crippen LogP contribution in [0.4, 0.5) is 5.82 Å². The van der Waals surface area contributed by atoms with Crippen LogP contribution in [0.15, 0.2) is 12.7 Å². The molecule has 13 nitrogen and oxygen atoms in total. The molecule has 0 aliphatic carbocycles. The van der Waals surface area contributed by atoms with Crippen molar-refractivity contribution in [3.8, 4) is 0 Å². The van der Waals surface area contributed by atoms with E-state index in [1.807, 2.05) is 20.8 Å². The average molecular weight is 564 g/mol. The van der Waals surface area contributed by atoms with Crippen molar-refractivity contribution in [1.29, 1.82) is 0 Å². The summed E-state index contributed by atoms with van der Waals surface area (Å²) in [5.41, 5.74) is 12.4. The predicted octanol–water partition coefficient (Wildman–Crippen LogP) is 2.23. The second-order valence-electron chi connectivity index (χ2n) is 8.96. The molecule has 36 heavy (non-hydrogen) atoms. The van der Waals surface area contributed by atoms with E-state index in [0.29, 0.717) is 36.5 Å². The van der Waals surface area contributed by atoms with E-state index in [-0.39, 0.29) is 23.1 Å². The first kappa shape index (κ1) is 29.1. The molecule has 3 heterocycles. The van der Waals surface area contributed by atoms with Crippen LogP contribution >= 0.6 is 29.2 Å². The number of hydrogen-bond donors (Lipinski definition) is 4. The third-order valence-corrected chi connectivity index (χ3v) is 9.95. The summed E-state index contributed by atoms with van der Waals surface area (Å²) < 4.78 is 31.3. The van der Waals surface area contributed by atoms with E-state index >= 15 is 0 Å². The second kappa shape index (κ2) is 12.4. The lowest BCUT2D eigenvalue weighted by Gasteiger charge is -2.24. The van der Waals surface area contributed by atoms with Crippen molar-refractivity contribution in [1.82, 2.24) is 24.8 Å². The van der Waals surface area contributed by atoms with Crippen LogP contribution in [0, 0.1) is 0 Å². The average Bonchev–Trinajstić information content (AvgIpc) is 3.43. The summed E-state index contributed by atoms with van der Waals surface area (Å²) in [6.07, 6.45) is 2.22. The maximum absolute atomic E-state index is 12.2. The molecule has 0 spiro atoms. The Bertz CT molecular complexity index is 1090. The van der Waals surface area contributed by atoms with Crippen molar-refractivity contribution >= 4 is 52.1 Å². The normalized spacial score (nSPS) is 23.0. The molecule has 0 aromatic carbocycles. The molecule has 2 aromatic rings. The van der Waals surface area contributed by atoms with Crippen molar-refractivity contribution in [2.75, 3.05) is 24.8 Å². The lowest BCUT2D eigenvalue weighted by molar-refractivity contribution is -0.120. The largest absolute Gasteiger partial charge is 0.382 e. The van der Waals surface area contributed by atoms with Gasteiger partial charge in [0.15, 0.2) is 11.5 Å². The van der Waals surface area contributed by atoms with E-state index in [9.17, 15) is 14.3 Å². The van der Waals surface area contributed by atoms with Crippen LogP contribution in [-0.2, 0) is 23.4 Å². The molecular weight excluding hydrogens is 529 g/mol. The van der Waals surface area contributed by atoms with Crippen molar-refractivity contribution in [2.45, 2.75) is 69.5 Å². The van der Waals surface area contributed by atoms with Gasteiger partial charge in [-0.2, -0.15) is 0 Å². The quantitative estimate of drug-likeness (QED) is 0.120. The summed E-state index contributed by atoms with van der Waals surface area (Å²) in [5.74, 6) is -0.437. The van der Waals surface area contributed by atoms with E-state index in [1.165, 1.54) is 24.0 Å². The monoisotopic (exact) mass is 563 g/mol. The maximum atomic E-state index is 12.2. The van der Waals surface area contributed by atoms with Gasteiger partial charge in [-0.1, -0.05) is 28.5 Å². The van der Waals surface area contributed by atoms with Gasteiger partial charge in [0.1, 0.15) is 35.9 Å². The smallest absolute Gasteiger partial charge is 0.344 e. The Labute approximate surface area is 217 Å². The highest BCUT2D eigenvalue weighted by Gasteiger charge is 2.40. The van der Waals surface area contributed by atoms with Gasteiger partial charge in [-0.25, -0.2) is 15.0 Å². The van der Waals surface area contributed by atoms with E-state index in [1.54, 1.807) is 21.7 Å². The SMILES string of the molecule is CCC(=O)NCC(C)(C)SSCO[C@@H]1C[C@H](n2cnc3c(N)ncnc32)OC1COP(=O)(O)C(C)N. The molecule has 1 saturated heterocycles. The summed E-state index contributed by atoms with van der Waals surface area (Å²) in [4.78, 5) is 34.1. The second-order valence-corrected chi connectivity index (χ2v) is 14.1. The van der Waals surface area contributed by atoms with Crippen molar-refractivity contribution in [2.24, 2.45) is 5.73 Å². The number of hydrogen-bond acceptors (Lipinski definition) is 12. The van der Waals surface area contributed by atoms with Gasteiger partial charge in [0.05, 0.1) is 19.0 Å². The van der Waals surface area contributed by atoms with Gasteiger partial charge in [0.25, 0.3) is 0 Å². The summed E-state index contributed by atoms with van der Waals surface area (Å²) >= 11 is 0. The standard InChI is InChI=1S/C20H34N7O6PS2/c1-5-15(28)23-8-20(3,4)36-35-11-31-13-6-16(33-14(13)7-32-34(29,30)12(2)21)27-10-26-17-18(22)24-9-25-19(17)27/h9-10,12-14,16H,5-8,11,21H2,1-4H3,(H,23,28)(H,29,30)(H2,22,24,25)/t12?,13-,14?,16-/m1/s1. The van der Waals surface area contributed by atoms with Crippen LogP contribution in [0.5, 0.6) is 0 Å². The fourth-order valence-corrected chi connectivity index (χ4v) is 6.11. The van der Waals surface area contributed by atoms with Crippen LogP contribution in [0.1, 0.15) is 46.8 Å². The Morgan fingerprint density at radius 2 is 2.19 bits per heavy atom. The summed E-state index contributed by atoms with van der Waals surface area (Å²) in [6, 6.07) is 0. The number of aromatic nitrogens is 4. The molecule has 0 saturated carbocycles. The van der Waals surface area contributed by atoms with Crippen molar-refractivity contribution in [3.63, 3.8) is 0 Å².